The first-order chi connectivity index (χ1) is 10.1. The van der Waals surface area contributed by atoms with Crippen molar-refractivity contribution in [3.63, 3.8) is 0 Å². The van der Waals surface area contributed by atoms with Crippen LogP contribution in [0.15, 0.2) is 30.6 Å². The lowest BCUT2D eigenvalue weighted by molar-refractivity contribution is 0.186. The van der Waals surface area contributed by atoms with Crippen molar-refractivity contribution in [2.24, 2.45) is 11.7 Å². The van der Waals surface area contributed by atoms with Crippen LogP contribution in [-0.2, 0) is 19.4 Å². The minimum Gasteiger partial charge on any atom is -0.491 e. The summed E-state index contributed by atoms with van der Waals surface area (Å²) >= 11 is 0. The van der Waals surface area contributed by atoms with Gasteiger partial charge in [0.15, 0.2) is 0 Å². The maximum atomic E-state index is 6.56. The van der Waals surface area contributed by atoms with Crippen molar-refractivity contribution < 1.29 is 4.74 Å². The monoisotopic (exact) mass is 286 g/mol. The van der Waals surface area contributed by atoms with Crippen LogP contribution in [0.3, 0.4) is 0 Å². The van der Waals surface area contributed by atoms with Crippen LogP contribution >= 0.6 is 0 Å². The molecule has 1 aliphatic rings. The molecule has 1 aliphatic heterocycles. The molecule has 5 nitrogen and oxygen atoms in total. The Morgan fingerprint density at radius 3 is 3.00 bits per heavy atom. The van der Waals surface area contributed by atoms with E-state index in [0.29, 0.717) is 18.9 Å². The van der Waals surface area contributed by atoms with E-state index in [0.717, 1.165) is 24.5 Å². The van der Waals surface area contributed by atoms with Crippen LogP contribution in [0.25, 0.3) is 0 Å². The van der Waals surface area contributed by atoms with Crippen molar-refractivity contribution in [3.05, 3.63) is 42.0 Å². The number of aromatic nitrogens is 3. The van der Waals surface area contributed by atoms with Crippen molar-refractivity contribution in [1.29, 1.82) is 0 Å². The highest BCUT2D eigenvalue weighted by Gasteiger charge is 2.33. The molecule has 0 bridgehead atoms. The molecule has 0 amide bonds. The van der Waals surface area contributed by atoms with E-state index in [-0.39, 0.29) is 0 Å². The van der Waals surface area contributed by atoms with Gasteiger partial charge in [-0.2, -0.15) is 5.10 Å². The summed E-state index contributed by atoms with van der Waals surface area (Å²) in [5.41, 5.74) is 7.31. The third kappa shape index (κ3) is 3.08. The number of ether oxygens (including phenoxy) is 1. The van der Waals surface area contributed by atoms with E-state index < -0.39 is 5.54 Å². The highest BCUT2D eigenvalue weighted by Crippen LogP contribution is 2.29. The Balaban J connectivity index is 1.78. The van der Waals surface area contributed by atoms with Crippen molar-refractivity contribution in [2.45, 2.75) is 38.8 Å². The summed E-state index contributed by atoms with van der Waals surface area (Å²) in [4.78, 5) is 4.38. The second-order valence-electron chi connectivity index (χ2n) is 6.36. The Morgan fingerprint density at radius 1 is 1.38 bits per heavy atom. The molecule has 112 valence electrons. The molecule has 0 radical (unpaired) electrons. The molecule has 1 unspecified atom stereocenters. The minimum atomic E-state index is -0.421. The lowest BCUT2D eigenvalue weighted by atomic mass is 9.86. The standard InChI is InChI=1S/C16H22N4O/c1-12(2)9-20-15(18-11-19-20)8-16(17)7-13-5-3-4-6-14(13)21-10-16/h3-6,11-12H,7-10,17H2,1-2H3. The molecule has 1 aromatic carbocycles. The summed E-state index contributed by atoms with van der Waals surface area (Å²) in [6.45, 7) is 5.72. The fourth-order valence-electron chi connectivity index (χ4n) is 2.79. The first-order valence-corrected chi connectivity index (χ1v) is 7.42. The molecule has 0 saturated carbocycles. The van der Waals surface area contributed by atoms with Crippen LogP contribution in [0.1, 0.15) is 25.2 Å². The van der Waals surface area contributed by atoms with Gasteiger partial charge in [-0.15, -0.1) is 0 Å². The number of para-hydroxylation sites is 1. The number of fused-ring (bicyclic) bond motifs is 1. The Hall–Kier alpha value is -1.88. The van der Waals surface area contributed by atoms with Crippen LogP contribution < -0.4 is 10.5 Å². The normalized spacial score (nSPS) is 21.1. The largest absolute Gasteiger partial charge is 0.491 e. The van der Waals surface area contributed by atoms with Gasteiger partial charge >= 0.3 is 0 Å². The smallest absolute Gasteiger partial charge is 0.138 e. The topological polar surface area (TPSA) is 66.0 Å². The molecule has 21 heavy (non-hydrogen) atoms. The Kier molecular flexibility index (Phi) is 3.68. The molecule has 2 N–H and O–H groups in total. The van der Waals surface area contributed by atoms with Crippen molar-refractivity contribution in [3.8, 4) is 5.75 Å². The van der Waals surface area contributed by atoms with Gasteiger partial charge in [0.05, 0.1) is 5.54 Å². The number of nitrogens with zero attached hydrogens (tertiary/aromatic N) is 3. The lowest BCUT2D eigenvalue weighted by Crippen LogP contribution is -2.52. The van der Waals surface area contributed by atoms with E-state index in [1.165, 1.54) is 5.56 Å². The van der Waals surface area contributed by atoms with E-state index in [1.54, 1.807) is 6.33 Å². The molecule has 0 saturated heterocycles. The van der Waals surface area contributed by atoms with E-state index in [9.17, 15) is 0 Å². The van der Waals surface area contributed by atoms with Crippen LogP contribution in [0.2, 0.25) is 0 Å². The number of hydrogen-bond acceptors (Lipinski definition) is 4. The highest BCUT2D eigenvalue weighted by atomic mass is 16.5. The quantitative estimate of drug-likeness (QED) is 0.931. The Bertz CT molecular complexity index is 622. The summed E-state index contributed by atoms with van der Waals surface area (Å²) < 4.78 is 7.78. The predicted octanol–water partition coefficient (Wildman–Crippen LogP) is 1.81. The van der Waals surface area contributed by atoms with Crippen molar-refractivity contribution in [2.75, 3.05) is 6.61 Å². The maximum Gasteiger partial charge on any atom is 0.138 e. The number of hydrogen-bond donors (Lipinski definition) is 1. The van der Waals surface area contributed by atoms with E-state index >= 15 is 0 Å². The number of benzene rings is 1. The fourth-order valence-corrected chi connectivity index (χ4v) is 2.79. The molecular weight excluding hydrogens is 264 g/mol. The molecular formula is C16H22N4O. The van der Waals surface area contributed by atoms with Gasteiger partial charge in [-0.25, -0.2) is 9.67 Å². The number of nitrogens with two attached hydrogens (primary N) is 1. The van der Waals surface area contributed by atoms with Gasteiger partial charge in [0.25, 0.3) is 0 Å². The second kappa shape index (κ2) is 5.48. The second-order valence-corrected chi connectivity index (χ2v) is 6.36. The SMILES string of the molecule is CC(C)Cn1ncnc1CC1(N)COc2ccccc2C1. The zero-order valence-electron chi connectivity index (χ0n) is 12.6. The van der Waals surface area contributed by atoms with Gasteiger partial charge in [0, 0.05) is 13.0 Å². The van der Waals surface area contributed by atoms with Gasteiger partial charge < -0.3 is 10.5 Å². The fraction of sp³-hybridized carbons (Fsp3) is 0.500. The zero-order valence-corrected chi connectivity index (χ0v) is 12.6. The summed E-state index contributed by atoms with van der Waals surface area (Å²) in [6, 6.07) is 8.09. The number of rotatable bonds is 4. The zero-order chi connectivity index (χ0) is 14.9. The summed E-state index contributed by atoms with van der Waals surface area (Å²) in [6.07, 6.45) is 3.09. The Labute approximate surface area is 125 Å². The molecule has 0 spiro atoms. The Morgan fingerprint density at radius 2 is 2.19 bits per heavy atom. The van der Waals surface area contributed by atoms with Gasteiger partial charge in [-0.3, -0.25) is 0 Å². The van der Waals surface area contributed by atoms with Crippen LogP contribution in [0.5, 0.6) is 5.75 Å². The molecule has 0 aliphatic carbocycles. The molecule has 0 fully saturated rings. The maximum absolute atomic E-state index is 6.56. The molecule has 1 atom stereocenters. The van der Waals surface area contributed by atoms with Gasteiger partial charge in [0.2, 0.25) is 0 Å². The predicted molar refractivity (Wildman–Crippen MR) is 81.1 cm³/mol. The van der Waals surface area contributed by atoms with Crippen molar-refractivity contribution >= 4 is 0 Å². The molecule has 2 aromatic rings. The first-order valence-electron chi connectivity index (χ1n) is 7.42. The molecule has 2 heterocycles. The summed E-state index contributed by atoms with van der Waals surface area (Å²) in [7, 11) is 0. The average molecular weight is 286 g/mol. The van der Waals surface area contributed by atoms with E-state index in [4.69, 9.17) is 10.5 Å². The molecule has 5 heteroatoms. The lowest BCUT2D eigenvalue weighted by Gasteiger charge is -2.34. The molecule has 1 aromatic heterocycles. The summed E-state index contributed by atoms with van der Waals surface area (Å²) in [5, 5.41) is 4.31. The van der Waals surface area contributed by atoms with E-state index in [2.05, 4.69) is 30.0 Å². The van der Waals surface area contributed by atoms with Gasteiger partial charge in [-0.1, -0.05) is 32.0 Å². The van der Waals surface area contributed by atoms with E-state index in [1.807, 2.05) is 22.9 Å². The highest BCUT2D eigenvalue weighted by molar-refractivity contribution is 5.37. The van der Waals surface area contributed by atoms with Crippen molar-refractivity contribution in [1.82, 2.24) is 14.8 Å². The average Bonchev–Trinajstić information content (AvgIpc) is 2.84. The summed E-state index contributed by atoms with van der Waals surface area (Å²) in [5.74, 6) is 2.42. The third-order valence-corrected chi connectivity index (χ3v) is 3.77. The minimum absolute atomic E-state index is 0.421. The van der Waals surface area contributed by atoms with Crippen LogP contribution in [-0.4, -0.2) is 26.9 Å². The molecule has 3 rings (SSSR count). The van der Waals surface area contributed by atoms with Crippen LogP contribution in [0, 0.1) is 5.92 Å². The first kappa shape index (κ1) is 14.1. The van der Waals surface area contributed by atoms with Gasteiger partial charge in [-0.05, 0) is 24.0 Å². The van der Waals surface area contributed by atoms with Gasteiger partial charge in [0.1, 0.15) is 24.5 Å². The van der Waals surface area contributed by atoms with Crippen LogP contribution in [0.4, 0.5) is 0 Å². The third-order valence-electron chi connectivity index (χ3n) is 3.77.